The molecule has 434 valence electrons. The number of amides is 11. The van der Waals surface area contributed by atoms with Gasteiger partial charge in [-0.2, -0.15) is 0 Å². The predicted molar refractivity (Wildman–Crippen MR) is 278 cm³/mol. The third-order valence-corrected chi connectivity index (χ3v) is 12.0. The fourth-order valence-electron chi connectivity index (χ4n) is 7.76. The SMILES string of the molecule is CCC[C@@H]1NC(=O)CNC(=O)[C@H](CCN)NC(=O)[C@@H](NC(=O)[C@H](CCN)NC(=O)[C@@H](NC(=O)[C@H](CCN)NC(=O)CCCCC(C)C)[C@@H](C)O)CCNC(=O)[C@H]([C@@H](C)O)NC(=O)[C@H](CCN)NC(=O)[C@H](CCN)NC1=O. The van der Waals surface area contributed by atoms with Crippen LogP contribution in [-0.4, -0.2) is 188 Å². The summed E-state index contributed by atoms with van der Waals surface area (Å²) in [6.45, 7) is 6.46. The Bertz CT molecular complexity index is 1910. The minimum Gasteiger partial charge on any atom is -0.391 e. The molecular formula is C47H88N16O13. The average Bonchev–Trinajstić information content (AvgIpc) is 3.35. The highest BCUT2D eigenvalue weighted by Gasteiger charge is 2.36. The lowest BCUT2D eigenvalue weighted by Crippen LogP contribution is -2.61. The van der Waals surface area contributed by atoms with E-state index in [1.807, 2.05) is 0 Å². The van der Waals surface area contributed by atoms with Crippen LogP contribution in [0, 0.1) is 5.92 Å². The van der Waals surface area contributed by atoms with E-state index >= 15 is 0 Å². The predicted octanol–water partition coefficient (Wildman–Crippen LogP) is -7.49. The summed E-state index contributed by atoms with van der Waals surface area (Å²) < 4.78 is 0. The molecule has 0 saturated carbocycles. The Balaban J connectivity index is 3.63. The monoisotopic (exact) mass is 1080 g/mol. The molecule has 29 nitrogen and oxygen atoms in total. The Morgan fingerprint density at radius 3 is 1.58 bits per heavy atom. The first-order valence-electron chi connectivity index (χ1n) is 26.1. The van der Waals surface area contributed by atoms with Crippen molar-refractivity contribution in [1.29, 1.82) is 0 Å². The van der Waals surface area contributed by atoms with Gasteiger partial charge in [-0.05, 0) is 104 Å². The fourth-order valence-corrected chi connectivity index (χ4v) is 7.76. The van der Waals surface area contributed by atoms with Crippen LogP contribution in [-0.2, 0) is 52.7 Å². The molecule has 0 aromatic rings. The summed E-state index contributed by atoms with van der Waals surface area (Å²) in [6.07, 6.45) is -1.40. The number of nitrogens with one attached hydrogen (secondary N) is 11. The van der Waals surface area contributed by atoms with Crippen LogP contribution < -0.4 is 87.2 Å². The molecule has 0 aromatic carbocycles. The van der Waals surface area contributed by atoms with E-state index in [-0.39, 0.29) is 77.7 Å². The second kappa shape index (κ2) is 36.8. The van der Waals surface area contributed by atoms with Gasteiger partial charge in [-0.1, -0.05) is 40.0 Å². The minimum atomic E-state index is -1.69. The third-order valence-electron chi connectivity index (χ3n) is 12.0. The van der Waals surface area contributed by atoms with Gasteiger partial charge in [0.05, 0.1) is 18.8 Å². The molecular weight excluding hydrogens is 997 g/mol. The molecule has 1 aliphatic heterocycles. The van der Waals surface area contributed by atoms with E-state index < -0.39 is 151 Å². The molecule has 0 spiro atoms. The molecule has 1 heterocycles. The zero-order valence-corrected chi connectivity index (χ0v) is 44.6. The van der Waals surface area contributed by atoms with Crippen LogP contribution in [0.1, 0.15) is 112 Å². The Labute approximate surface area is 444 Å². The van der Waals surface area contributed by atoms with E-state index in [4.69, 9.17) is 28.7 Å². The molecule has 11 atom stereocenters. The van der Waals surface area contributed by atoms with Crippen LogP contribution in [0.3, 0.4) is 0 Å². The van der Waals surface area contributed by atoms with Gasteiger partial charge >= 0.3 is 0 Å². The summed E-state index contributed by atoms with van der Waals surface area (Å²) in [5, 5.41) is 48.5. The van der Waals surface area contributed by atoms with Gasteiger partial charge in [-0.25, -0.2) is 0 Å². The number of hydrogen-bond donors (Lipinski definition) is 18. The zero-order valence-electron chi connectivity index (χ0n) is 44.6. The van der Waals surface area contributed by atoms with Crippen LogP contribution in [0.15, 0.2) is 0 Å². The summed E-state index contributed by atoms with van der Waals surface area (Å²) in [5.74, 6) is -9.23. The molecule has 76 heavy (non-hydrogen) atoms. The van der Waals surface area contributed by atoms with Crippen LogP contribution in [0.2, 0.25) is 0 Å². The topological polar surface area (TPSA) is 491 Å². The first kappa shape index (κ1) is 67.9. The lowest BCUT2D eigenvalue weighted by atomic mass is 10.0. The van der Waals surface area contributed by atoms with E-state index in [9.17, 15) is 63.0 Å². The van der Waals surface area contributed by atoms with Crippen LogP contribution in [0.4, 0.5) is 0 Å². The van der Waals surface area contributed by atoms with Gasteiger partial charge in [0.1, 0.15) is 54.4 Å². The van der Waals surface area contributed by atoms with Crippen LogP contribution >= 0.6 is 0 Å². The second-order valence-electron chi connectivity index (χ2n) is 19.1. The highest BCUT2D eigenvalue weighted by atomic mass is 16.3. The van der Waals surface area contributed by atoms with Crippen molar-refractivity contribution in [2.24, 2.45) is 34.6 Å². The molecule has 0 aliphatic carbocycles. The van der Waals surface area contributed by atoms with Crippen LogP contribution in [0.5, 0.6) is 0 Å². The van der Waals surface area contributed by atoms with Gasteiger partial charge in [-0.15, -0.1) is 0 Å². The molecule has 0 unspecified atom stereocenters. The normalized spacial score (nSPS) is 22.8. The number of rotatable bonds is 26. The number of carbonyl (C=O) groups excluding carboxylic acids is 11. The van der Waals surface area contributed by atoms with Gasteiger partial charge < -0.3 is 97.4 Å². The minimum absolute atomic E-state index is 0.0119. The maximum atomic E-state index is 14.1. The summed E-state index contributed by atoms with van der Waals surface area (Å²) in [5.41, 5.74) is 28.9. The van der Waals surface area contributed by atoms with Gasteiger partial charge in [-0.3, -0.25) is 52.7 Å². The Kier molecular flexibility index (Phi) is 32.9. The largest absolute Gasteiger partial charge is 0.391 e. The standard InChI is InChI=1S/C47H88N16O13/c1-6-9-28-40(69)58-31(14-20-50)41(70)59-33(16-22-52)45(74)62-37(26(4)64)46(75)53-23-17-34(43(72)57-29(12-18-48)39(68)54-24-36(67)56-28)60-42(71)32(15-21-51)61-47(76)38(27(5)65)63-44(73)30(13-19-49)55-35(66)11-8-7-10-25(2)3/h25-34,37-38,64-65H,6-24,48-52H2,1-5H3,(H,53,75)(H,54,68)(H,55,66)(H,56,67)(H,57,72)(H,58,69)(H,59,70)(H,60,71)(H,61,76)(H,62,74)(H,63,73)/t26-,27-,28+,29+,30+,31+,32+,33+,34+,37+,38+/m1/s1. The summed E-state index contributed by atoms with van der Waals surface area (Å²) in [4.78, 5) is 149. The van der Waals surface area contributed by atoms with Crippen molar-refractivity contribution in [2.45, 2.75) is 178 Å². The van der Waals surface area contributed by atoms with Crippen molar-refractivity contribution < 1.29 is 63.0 Å². The fraction of sp³-hybridized carbons (Fsp3) is 0.766. The quantitative estimate of drug-likeness (QED) is 0.0358. The highest BCUT2D eigenvalue weighted by Crippen LogP contribution is 2.10. The lowest BCUT2D eigenvalue weighted by Gasteiger charge is -2.28. The smallest absolute Gasteiger partial charge is 0.245 e. The first-order chi connectivity index (χ1) is 36.0. The number of unbranched alkanes of at least 4 members (excludes halogenated alkanes) is 1. The molecule has 29 heteroatoms. The van der Waals surface area contributed by atoms with Gasteiger partial charge in [0, 0.05) is 13.0 Å². The average molecular weight is 1090 g/mol. The van der Waals surface area contributed by atoms with E-state index in [0.29, 0.717) is 18.8 Å². The molecule has 1 aliphatic rings. The molecule has 1 saturated heterocycles. The van der Waals surface area contributed by atoms with Crippen molar-refractivity contribution in [3.8, 4) is 0 Å². The molecule has 0 aromatic heterocycles. The van der Waals surface area contributed by atoms with Crippen molar-refractivity contribution >= 4 is 65.0 Å². The summed E-state index contributed by atoms with van der Waals surface area (Å²) in [6, 6.07) is -13.1. The maximum Gasteiger partial charge on any atom is 0.245 e. The molecule has 11 amide bonds. The summed E-state index contributed by atoms with van der Waals surface area (Å²) in [7, 11) is 0. The lowest BCUT2D eigenvalue weighted by molar-refractivity contribution is -0.136. The summed E-state index contributed by atoms with van der Waals surface area (Å²) >= 11 is 0. The van der Waals surface area contributed by atoms with Gasteiger partial charge in [0.25, 0.3) is 0 Å². The second-order valence-corrected chi connectivity index (χ2v) is 19.1. The number of aliphatic hydroxyl groups is 2. The van der Waals surface area contributed by atoms with Crippen molar-refractivity contribution in [2.75, 3.05) is 45.8 Å². The Hall–Kier alpha value is -6.11. The number of hydrogen-bond acceptors (Lipinski definition) is 18. The first-order valence-corrected chi connectivity index (χ1v) is 26.1. The highest BCUT2D eigenvalue weighted by molar-refractivity contribution is 5.98. The zero-order chi connectivity index (χ0) is 57.5. The van der Waals surface area contributed by atoms with Crippen LogP contribution in [0.25, 0.3) is 0 Å². The van der Waals surface area contributed by atoms with Crippen molar-refractivity contribution in [3.05, 3.63) is 0 Å². The van der Waals surface area contributed by atoms with E-state index in [1.165, 1.54) is 13.8 Å². The molecule has 1 fully saturated rings. The van der Waals surface area contributed by atoms with Gasteiger partial charge in [0.15, 0.2) is 0 Å². The number of nitrogens with two attached hydrogens (primary N) is 5. The maximum absolute atomic E-state index is 14.1. The van der Waals surface area contributed by atoms with E-state index in [2.05, 4.69) is 72.3 Å². The molecule has 1 rings (SSSR count). The molecule has 23 N–H and O–H groups in total. The van der Waals surface area contributed by atoms with Crippen molar-refractivity contribution in [1.82, 2.24) is 58.5 Å². The molecule has 0 bridgehead atoms. The Morgan fingerprint density at radius 2 is 1.08 bits per heavy atom. The third kappa shape index (κ3) is 25.2. The number of carbonyl (C=O) groups is 11. The molecule has 0 radical (unpaired) electrons. The van der Waals surface area contributed by atoms with Crippen molar-refractivity contribution in [3.63, 3.8) is 0 Å². The Morgan fingerprint density at radius 1 is 0.566 bits per heavy atom. The number of aliphatic hydroxyl groups excluding tert-OH is 2. The van der Waals surface area contributed by atoms with Gasteiger partial charge in [0.2, 0.25) is 65.0 Å². The van der Waals surface area contributed by atoms with E-state index in [0.717, 1.165) is 12.8 Å². The van der Waals surface area contributed by atoms with E-state index in [1.54, 1.807) is 6.92 Å².